The zero-order chi connectivity index (χ0) is 56.9. The van der Waals surface area contributed by atoms with E-state index in [1.165, 1.54) is 17.0 Å². The van der Waals surface area contributed by atoms with Gasteiger partial charge < -0.3 is 63.8 Å². The zero-order valence-electron chi connectivity index (χ0n) is 44.6. The lowest BCUT2D eigenvalue weighted by Crippen LogP contribution is -2.61. The van der Waals surface area contributed by atoms with Gasteiger partial charge in [-0.15, -0.1) is 0 Å². The van der Waals surface area contributed by atoms with Gasteiger partial charge in [0.15, 0.2) is 0 Å². The molecule has 0 radical (unpaired) electrons. The number of nitrogens with zero attached hydrogens (tertiary/aromatic N) is 1. The molecular weight excluding hydrogens is 993 g/mol. The molecule has 22 nitrogen and oxygen atoms in total. The number of likely N-dealkylation sites (tertiary alicyclic amines) is 1. The molecule has 0 spiro atoms. The van der Waals surface area contributed by atoms with Crippen molar-refractivity contribution in [3.63, 3.8) is 0 Å². The Balaban J connectivity index is 1.50. The van der Waals surface area contributed by atoms with Crippen molar-refractivity contribution in [2.75, 3.05) is 13.1 Å². The molecule has 0 saturated carbocycles. The molecule has 22 heteroatoms. The summed E-state index contributed by atoms with van der Waals surface area (Å²) in [7, 11) is 0. The fourth-order valence-electron chi connectivity index (χ4n) is 8.76. The van der Waals surface area contributed by atoms with Crippen LogP contribution in [-0.4, -0.2) is 136 Å². The standard InChI is InChI=1S/C55H76N10O12/c1-31(2)26-38(56)48(69)59-39(23-24-44(57)67)49(70)58-30-45(68)63-46(32(3)4)53(74)64-47(33(5)6)52(73)61-41(28-34-14-9-7-10-15-34)54(75)65-25-13-18-43(65)51(72)60-40(27-36-19-21-37(66)22-20-36)50(71)62-42(55(76)77)29-35-16-11-8-12-17-35/h7-12,14-17,19-22,31-33,38-43,46-47,66H,13,18,23-30,56H2,1-6H3,(H2,57,67)(H,58,70)(H,59,69)(H,60,72)(H,61,73)(H,62,71)(H,63,68)(H,64,74)(H,76,77)/t38-,39-,40-,41-,42-,43-,46-,47-/m0/s1. The first-order chi connectivity index (χ1) is 36.4. The summed E-state index contributed by atoms with van der Waals surface area (Å²) in [4.78, 5) is 136. The average molecular weight is 1070 g/mol. The highest BCUT2D eigenvalue weighted by Gasteiger charge is 2.41. The summed E-state index contributed by atoms with van der Waals surface area (Å²) in [5, 5.41) is 38.4. The normalized spacial score (nSPS) is 15.9. The minimum absolute atomic E-state index is 0.0207. The van der Waals surface area contributed by atoms with Crippen LogP contribution in [0.1, 0.15) is 90.3 Å². The molecule has 9 amide bonds. The first-order valence-electron chi connectivity index (χ1n) is 26.0. The molecule has 1 aliphatic rings. The topological polar surface area (TPSA) is 351 Å². The largest absolute Gasteiger partial charge is 0.508 e. The van der Waals surface area contributed by atoms with Gasteiger partial charge in [-0.25, -0.2) is 4.79 Å². The number of aliphatic carboxylic acids is 1. The Kier molecular flexibility index (Phi) is 24.0. The molecule has 3 aromatic rings. The van der Waals surface area contributed by atoms with E-state index in [1.807, 2.05) is 13.8 Å². The van der Waals surface area contributed by atoms with Gasteiger partial charge in [0, 0.05) is 32.2 Å². The summed E-state index contributed by atoms with van der Waals surface area (Å²) < 4.78 is 0. The molecule has 0 aromatic heterocycles. The van der Waals surface area contributed by atoms with Crippen LogP contribution in [-0.2, 0) is 67.2 Å². The van der Waals surface area contributed by atoms with E-state index in [4.69, 9.17) is 11.5 Å². The molecule has 0 bridgehead atoms. The van der Waals surface area contributed by atoms with Crippen molar-refractivity contribution < 1.29 is 58.2 Å². The van der Waals surface area contributed by atoms with Crippen LogP contribution in [0.2, 0.25) is 0 Å². The number of carboxylic acids is 1. The van der Waals surface area contributed by atoms with Gasteiger partial charge in [-0.1, -0.05) is 114 Å². The van der Waals surface area contributed by atoms with E-state index in [2.05, 4.69) is 37.2 Å². The van der Waals surface area contributed by atoms with E-state index in [0.717, 1.165) is 0 Å². The van der Waals surface area contributed by atoms with Gasteiger partial charge in [-0.3, -0.25) is 43.2 Å². The summed E-state index contributed by atoms with van der Waals surface area (Å²) in [6, 6.07) is 13.7. The van der Waals surface area contributed by atoms with Crippen LogP contribution < -0.4 is 48.7 Å². The third-order valence-electron chi connectivity index (χ3n) is 13.0. The molecule has 13 N–H and O–H groups in total. The van der Waals surface area contributed by atoms with E-state index in [1.54, 1.807) is 100 Å². The quantitative estimate of drug-likeness (QED) is 0.0451. The first kappa shape index (κ1) is 61.7. The maximum atomic E-state index is 14.8. The summed E-state index contributed by atoms with van der Waals surface area (Å²) in [6.45, 7) is 9.88. The number of nitrogens with one attached hydrogen (secondary N) is 7. The van der Waals surface area contributed by atoms with E-state index < -0.39 is 126 Å². The molecule has 77 heavy (non-hydrogen) atoms. The maximum absolute atomic E-state index is 14.8. The monoisotopic (exact) mass is 1070 g/mol. The third-order valence-corrected chi connectivity index (χ3v) is 13.0. The van der Waals surface area contributed by atoms with Crippen molar-refractivity contribution in [1.82, 2.24) is 42.1 Å². The molecule has 418 valence electrons. The lowest BCUT2D eigenvalue weighted by atomic mass is 9.98. The molecule has 4 rings (SSSR count). The van der Waals surface area contributed by atoms with E-state index in [-0.39, 0.29) is 56.7 Å². The highest BCUT2D eigenvalue weighted by atomic mass is 16.4. The lowest BCUT2D eigenvalue weighted by molar-refractivity contribution is -0.143. The van der Waals surface area contributed by atoms with E-state index in [9.17, 15) is 58.2 Å². The fourth-order valence-corrected chi connectivity index (χ4v) is 8.76. The maximum Gasteiger partial charge on any atom is 0.326 e. The zero-order valence-corrected chi connectivity index (χ0v) is 44.6. The number of phenols is 1. The number of aromatic hydroxyl groups is 1. The minimum Gasteiger partial charge on any atom is -0.508 e. The van der Waals surface area contributed by atoms with Crippen molar-refractivity contribution in [2.45, 2.75) is 141 Å². The van der Waals surface area contributed by atoms with Gasteiger partial charge in [0.05, 0.1) is 12.6 Å². The number of phenolic OH excluding ortho intramolecular Hbond substituents is 1. The predicted octanol–water partition coefficient (Wildman–Crippen LogP) is 0.472. The molecule has 1 heterocycles. The van der Waals surface area contributed by atoms with E-state index in [0.29, 0.717) is 29.5 Å². The number of carbonyl (C=O) groups excluding carboxylic acids is 9. The van der Waals surface area contributed by atoms with Crippen molar-refractivity contribution in [1.29, 1.82) is 0 Å². The van der Waals surface area contributed by atoms with Crippen LogP contribution in [0, 0.1) is 17.8 Å². The molecule has 0 aliphatic carbocycles. The lowest BCUT2D eigenvalue weighted by Gasteiger charge is -2.32. The predicted molar refractivity (Wildman–Crippen MR) is 285 cm³/mol. The number of benzene rings is 3. The van der Waals surface area contributed by atoms with Crippen LogP contribution in [0.5, 0.6) is 5.75 Å². The van der Waals surface area contributed by atoms with Crippen LogP contribution >= 0.6 is 0 Å². The smallest absolute Gasteiger partial charge is 0.326 e. The van der Waals surface area contributed by atoms with Crippen molar-refractivity contribution >= 4 is 59.1 Å². The minimum atomic E-state index is -1.35. The molecular formula is C55H76N10O12. The van der Waals surface area contributed by atoms with Gasteiger partial charge >= 0.3 is 5.97 Å². The van der Waals surface area contributed by atoms with Crippen molar-refractivity contribution in [2.24, 2.45) is 29.2 Å². The Morgan fingerprint density at radius 3 is 1.65 bits per heavy atom. The fraction of sp³-hybridized carbons (Fsp3) is 0.491. The second-order valence-corrected chi connectivity index (χ2v) is 20.5. The van der Waals surface area contributed by atoms with E-state index >= 15 is 0 Å². The second-order valence-electron chi connectivity index (χ2n) is 20.5. The number of nitrogens with two attached hydrogens (primary N) is 2. The molecule has 3 aromatic carbocycles. The summed E-state index contributed by atoms with van der Waals surface area (Å²) in [6.07, 6.45) is 0.337. The summed E-state index contributed by atoms with van der Waals surface area (Å²) in [5.74, 6) is -8.87. The number of rotatable bonds is 29. The Morgan fingerprint density at radius 1 is 0.597 bits per heavy atom. The van der Waals surface area contributed by atoms with Gasteiger partial charge in [0.2, 0.25) is 53.2 Å². The number of hydrogen-bond donors (Lipinski definition) is 11. The first-order valence-corrected chi connectivity index (χ1v) is 26.0. The van der Waals surface area contributed by atoms with Gasteiger partial charge in [0.1, 0.15) is 48.0 Å². The Hall–Kier alpha value is -7.88. The number of amides is 9. The summed E-state index contributed by atoms with van der Waals surface area (Å²) in [5.41, 5.74) is 13.1. The SMILES string of the molecule is CC(C)C[C@H](N)C(=O)N[C@@H](CCC(N)=O)C(=O)NCC(=O)N[C@H](C(=O)N[C@H](C(=O)N[C@@H](Cc1ccccc1)C(=O)N1CCC[C@H]1C(=O)N[C@@H](Cc1ccc(O)cc1)C(=O)N[C@@H](Cc1ccccc1)C(=O)O)C(C)C)C(C)C. The highest BCUT2D eigenvalue weighted by molar-refractivity contribution is 5.98. The highest BCUT2D eigenvalue weighted by Crippen LogP contribution is 2.22. The molecule has 1 saturated heterocycles. The Bertz CT molecular complexity index is 2510. The molecule has 1 fully saturated rings. The van der Waals surface area contributed by atoms with Crippen molar-refractivity contribution in [3.05, 3.63) is 102 Å². The van der Waals surface area contributed by atoms with Gasteiger partial charge in [-0.2, -0.15) is 0 Å². The van der Waals surface area contributed by atoms with Crippen molar-refractivity contribution in [3.8, 4) is 5.75 Å². The summed E-state index contributed by atoms with van der Waals surface area (Å²) >= 11 is 0. The Labute approximate surface area is 449 Å². The number of carbonyl (C=O) groups is 10. The molecule has 0 unspecified atom stereocenters. The average Bonchev–Trinajstić information content (AvgIpc) is 3.88. The number of hydrogen-bond acceptors (Lipinski definition) is 12. The van der Waals surface area contributed by atoms with Crippen LogP contribution in [0.4, 0.5) is 0 Å². The Morgan fingerprint density at radius 2 is 1.10 bits per heavy atom. The molecule has 1 aliphatic heterocycles. The number of carboxylic acid groups (broad SMARTS) is 1. The van der Waals surface area contributed by atoms with Crippen LogP contribution in [0.15, 0.2) is 84.9 Å². The molecule has 8 atom stereocenters. The second kappa shape index (κ2) is 30.0. The van der Waals surface area contributed by atoms with Crippen LogP contribution in [0.3, 0.4) is 0 Å². The third kappa shape index (κ3) is 20.0. The van der Waals surface area contributed by atoms with Gasteiger partial charge in [0.25, 0.3) is 0 Å². The van der Waals surface area contributed by atoms with Gasteiger partial charge in [-0.05, 0) is 72.3 Å². The number of primary amides is 1. The van der Waals surface area contributed by atoms with Crippen LogP contribution in [0.25, 0.3) is 0 Å².